The maximum atomic E-state index is 12.8. The molecule has 7 nitrogen and oxygen atoms in total. The third-order valence-electron chi connectivity index (χ3n) is 5.39. The van der Waals surface area contributed by atoms with E-state index in [1.54, 1.807) is 12.1 Å². The number of para-hydroxylation sites is 1. The van der Waals surface area contributed by atoms with Gasteiger partial charge in [0.05, 0.1) is 4.92 Å². The number of rotatable bonds is 7. The van der Waals surface area contributed by atoms with Gasteiger partial charge in [0.15, 0.2) is 0 Å². The lowest BCUT2D eigenvalue weighted by Crippen LogP contribution is -2.33. The number of anilines is 2. The first kappa shape index (κ1) is 20.8. The van der Waals surface area contributed by atoms with Crippen LogP contribution in [0.5, 0.6) is 0 Å². The Labute approximate surface area is 171 Å². The summed E-state index contributed by atoms with van der Waals surface area (Å²) in [7, 11) is 0. The number of nitrogens with one attached hydrogen (secondary N) is 2. The number of hydrogen-bond acceptors (Lipinski definition) is 5. The second-order valence-corrected chi connectivity index (χ2v) is 7.52. The molecule has 154 valence electrons. The third-order valence-corrected chi connectivity index (χ3v) is 5.39. The molecule has 1 amide bonds. The lowest BCUT2D eigenvalue weighted by atomic mass is 9.98. The van der Waals surface area contributed by atoms with Gasteiger partial charge in [-0.05, 0) is 49.1 Å². The highest BCUT2D eigenvalue weighted by Crippen LogP contribution is 2.32. The first-order valence-electron chi connectivity index (χ1n) is 10.1. The zero-order valence-electron chi connectivity index (χ0n) is 17.0. The minimum absolute atomic E-state index is 0.0202. The van der Waals surface area contributed by atoms with Crippen molar-refractivity contribution in [1.29, 1.82) is 0 Å². The van der Waals surface area contributed by atoms with Crippen LogP contribution in [0.2, 0.25) is 0 Å². The third kappa shape index (κ3) is 5.12. The molecule has 1 fully saturated rings. The fourth-order valence-electron chi connectivity index (χ4n) is 3.58. The van der Waals surface area contributed by atoms with Crippen LogP contribution in [-0.4, -0.2) is 30.5 Å². The molecule has 2 aromatic rings. The van der Waals surface area contributed by atoms with Gasteiger partial charge >= 0.3 is 0 Å². The van der Waals surface area contributed by atoms with Crippen LogP contribution >= 0.6 is 0 Å². The fourth-order valence-corrected chi connectivity index (χ4v) is 3.58. The van der Waals surface area contributed by atoms with Crippen LogP contribution in [0, 0.1) is 16.0 Å². The second-order valence-electron chi connectivity index (χ2n) is 7.52. The average molecular weight is 396 g/mol. The number of carbonyl (C=O) groups is 1. The maximum Gasteiger partial charge on any atom is 0.293 e. The molecule has 2 aromatic carbocycles. The van der Waals surface area contributed by atoms with Gasteiger partial charge in [0.2, 0.25) is 0 Å². The molecule has 0 atom stereocenters. The Bertz CT molecular complexity index is 876. The standard InChI is InChI=1S/C22H28N4O3/c1-3-23-15-18-6-4-5-7-19(18)24-22(27)17-8-9-20(21(14-17)26(28)29)25-12-10-16(2)11-13-25/h4-9,14,16,23H,3,10-13,15H2,1-2H3,(H,24,27). The van der Waals surface area contributed by atoms with Gasteiger partial charge in [-0.25, -0.2) is 0 Å². The summed E-state index contributed by atoms with van der Waals surface area (Å²) >= 11 is 0. The molecule has 0 aliphatic carbocycles. The van der Waals surface area contributed by atoms with Crippen molar-refractivity contribution in [3.05, 3.63) is 63.7 Å². The molecule has 1 aliphatic rings. The van der Waals surface area contributed by atoms with E-state index in [9.17, 15) is 14.9 Å². The normalized spacial score (nSPS) is 14.6. The Morgan fingerprint density at radius 1 is 1.21 bits per heavy atom. The maximum absolute atomic E-state index is 12.8. The van der Waals surface area contributed by atoms with Gasteiger partial charge in [0.25, 0.3) is 11.6 Å². The molecule has 0 radical (unpaired) electrons. The Kier molecular flexibility index (Phi) is 6.82. The van der Waals surface area contributed by atoms with Crippen molar-refractivity contribution in [2.24, 2.45) is 5.92 Å². The molecule has 3 rings (SSSR count). The molecule has 2 N–H and O–H groups in total. The van der Waals surface area contributed by atoms with E-state index in [0.717, 1.165) is 38.0 Å². The van der Waals surface area contributed by atoms with Gasteiger partial charge in [-0.15, -0.1) is 0 Å². The predicted octanol–water partition coefficient (Wildman–Crippen LogP) is 4.19. The predicted molar refractivity (Wildman–Crippen MR) is 115 cm³/mol. The second kappa shape index (κ2) is 9.52. The number of amides is 1. The molecule has 1 saturated heterocycles. The molecule has 0 bridgehead atoms. The summed E-state index contributed by atoms with van der Waals surface area (Å²) in [5.41, 5.74) is 2.52. The summed E-state index contributed by atoms with van der Waals surface area (Å²) in [6.07, 6.45) is 2.03. The van der Waals surface area contributed by atoms with Gasteiger partial charge in [-0.3, -0.25) is 14.9 Å². The molecule has 0 saturated carbocycles. The van der Waals surface area contributed by atoms with Crippen molar-refractivity contribution in [3.63, 3.8) is 0 Å². The van der Waals surface area contributed by atoms with E-state index in [1.165, 1.54) is 6.07 Å². The van der Waals surface area contributed by atoms with Crippen LogP contribution in [0.3, 0.4) is 0 Å². The Hall–Kier alpha value is -2.93. The first-order valence-corrected chi connectivity index (χ1v) is 10.1. The van der Waals surface area contributed by atoms with Crippen molar-refractivity contribution in [2.45, 2.75) is 33.2 Å². The number of benzene rings is 2. The summed E-state index contributed by atoms with van der Waals surface area (Å²) < 4.78 is 0. The molecule has 7 heteroatoms. The average Bonchev–Trinajstić information content (AvgIpc) is 2.73. The summed E-state index contributed by atoms with van der Waals surface area (Å²) in [5.74, 6) is 0.286. The van der Waals surface area contributed by atoms with E-state index in [0.29, 0.717) is 23.8 Å². The number of nitro benzene ring substituents is 1. The highest BCUT2D eigenvalue weighted by atomic mass is 16.6. The molecule has 0 aromatic heterocycles. The van der Waals surface area contributed by atoms with Gasteiger partial charge in [0, 0.05) is 37.0 Å². The van der Waals surface area contributed by atoms with Crippen LogP contribution in [0.1, 0.15) is 42.6 Å². The number of piperidine rings is 1. The largest absolute Gasteiger partial charge is 0.366 e. The van der Waals surface area contributed by atoms with Crippen molar-refractivity contribution in [1.82, 2.24) is 5.32 Å². The summed E-state index contributed by atoms with van der Waals surface area (Å²) in [5, 5.41) is 17.8. The number of nitrogens with zero attached hydrogens (tertiary/aromatic N) is 2. The van der Waals surface area contributed by atoms with Crippen LogP contribution in [-0.2, 0) is 6.54 Å². The van der Waals surface area contributed by atoms with Crippen LogP contribution < -0.4 is 15.5 Å². The minimum atomic E-state index is -0.400. The Morgan fingerprint density at radius 2 is 1.93 bits per heavy atom. The van der Waals surface area contributed by atoms with E-state index in [4.69, 9.17) is 0 Å². The van der Waals surface area contributed by atoms with E-state index in [1.807, 2.05) is 36.1 Å². The van der Waals surface area contributed by atoms with Crippen LogP contribution in [0.4, 0.5) is 17.1 Å². The summed E-state index contributed by atoms with van der Waals surface area (Å²) in [6.45, 7) is 7.28. The topological polar surface area (TPSA) is 87.5 Å². The molecule has 1 aliphatic heterocycles. The highest BCUT2D eigenvalue weighted by molar-refractivity contribution is 6.05. The zero-order valence-corrected chi connectivity index (χ0v) is 17.0. The lowest BCUT2D eigenvalue weighted by molar-refractivity contribution is -0.384. The molecule has 0 unspecified atom stereocenters. The van der Waals surface area contributed by atoms with Gasteiger partial charge in [0.1, 0.15) is 5.69 Å². The van der Waals surface area contributed by atoms with E-state index in [2.05, 4.69) is 17.6 Å². The van der Waals surface area contributed by atoms with Crippen molar-refractivity contribution in [3.8, 4) is 0 Å². The number of hydrogen-bond donors (Lipinski definition) is 2. The van der Waals surface area contributed by atoms with E-state index >= 15 is 0 Å². The molecular formula is C22H28N4O3. The highest BCUT2D eigenvalue weighted by Gasteiger charge is 2.25. The van der Waals surface area contributed by atoms with Crippen LogP contribution in [0.25, 0.3) is 0 Å². The minimum Gasteiger partial charge on any atom is -0.366 e. The van der Waals surface area contributed by atoms with Crippen molar-refractivity contribution >= 4 is 23.0 Å². The monoisotopic (exact) mass is 396 g/mol. The molecular weight excluding hydrogens is 368 g/mol. The van der Waals surface area contributed by atoms with E-state index < -0.39 is 4.92 Å². The van der Waals surface area contributed by atoms with Gasteiger partial charge in [-0.1, -0.05) is 32.0 Å². The zero-order chi connectivity index (χ0) is 20.8. The number of nitro groups is 1. The number of carbonyl (C=O) groups excluding carboxylic acids is 1. The van der Waals surface area contributed by atoms with E-state index in [-0.39, 0.29) is 17.2 Å². The van der Waals surface area contributed by atoms with Gasteiger partial charge < -0.3 is 15.5 Å². The molecule has 29 heavy (non-hydrogen) atoms. The fraction of sp³-hybridized carbons (Fsp3) is 0.409. The summed E-state index contributed by atoms with van der Waals surface area (Å²) in [4.78, 5) is 26.1. The first-order chi connectivity index (χ1) is 14.0. The summed E-state index contributed by atoms with van der Waals surface area (Å²) in [6, 6.07) is 12.3. The van der Waals surface area contributed by atoms with Gasteiger partial charge in [-0.2, -0.15) is 0 Å². The van der Waals surface area contributed by atoms with Crippen LogP contribution in [0.15, 0.2) is 42.5 Å². The smallest absolute Gasteiger partial charge is 0.293 e. The van der Waals surface area contributed by atoms with Crippen molar-refractivity contribution in [2.75, 3.05) is 29.9 Å². The molecule has 0 spiro atoms. The quantitative estimate of drug-likeness (QED) is 0.541. The van der Waals surface area contributed by atoms with Crippen molar-refractivity contribution < 1.29 is 9.72 Å². The Balaban J connectivity index is 1.81. The molecule has 1 heterocycles. The lowest BCUT2D eigenvalue weighted by Gasteiger charge is -2.31. The Morgan fingerprint density at radius 3 is 2.62 bits per heavy atom. The SMILES string of the molecule is CCNCc1ccccc1NC(=O)c1ccc(N2CCC(C)CC2)c([N+](=O)[O-])c1.